The van der Waals surface area contributed by atoms with E-state index in [0.29, 0.717) is 16.8 Å². The molecule has 2 rings (SSSR count). The molecule has 0 spiro atoms. The number of rotatable bonds is 4. The highest BCUT2D eigenvalue weighted by molar-refractivity contribution is 9.10. The van der Waals surface area contributed by atoms with Gasteiger partial charge in [-0.2, -0.15) is 0 Å². The molecule has 0 amide bonds. The quantitative estimate of drug-likeness (QED) is 0.849. The minimum Gasteiger partial charge on any atom is -0.367 e. The first-order valence-electron chi connectivity index (χ1n) is 5.34. The Morgan fingerprint density at radius 2 is 2.11 bits per heavy atom. The molecule has 4 nitrogen and oxygen atoms in total. The van der Waals surface area contributed by atoms with Crippen LogP contribution < -0.4 is 10.9 Å². The van der Waals surface area contributed by atoms with E-state index in [4.69, 9.17) is 11.6 Å². The number of nitrogens with zero attached hydrogens (tertiary/aromatic N) is 1. The number of anilines is 1. The number of benzene rings is 1. The molecular formula is C12H11BrClN3O. The largest absolute Gasteiger partial charge is 0.367 e. The van der Waals surface area contributed by atoms with E-state index >= 15 is 0 Å². The Morgan fingerprint density at radius 1 is 1.39 bits per heavy atom. The fourth-order valence-corrected chi connectivity index (χ4v) is 2.05. The van der Waals surface area contributed by atoms with Crippen molar-refractivity contribution in [2.45, 2.75) is 5.38 Å². The third-order valence-corrected chi connectivity index (χ3v) is 3.55. The van der Waals surface area contributed by atoms with Crippen LogP contribution in [0.25, 0.3) is 0 Å². The van der Waals surface area contributed by atoms with Crippen molar-refractivity contribution in [2.75, 3.05) is 11.9 Å². The first kappa shape index (κ1) is 13.1. The highest BCUT2D eigenvalue weighted by Crippen LogP contribution is 2.21. The van der Waals surface area contributed by atoms with Crippen LogP contribution in [0.4, 0.5) is 5.82 Å². The van der Waals surface area contributed by atoms with E-state index in [0.717, 1.165) is 5.56 Å². The van der Waals surface area contributed by atoms with Crippen molar-refractivity contribution in [3.63, 3.8) is 0 Å². The maximum absolute atomic E-state index is 11.3. The number of halogens is 2. The Bertz CT molecular complexity index is 573. The van der Waals surface area contributed by atoms with Gasteiger partial charge >= 0.3 is 0 Å². The number of H-pyrrole nitrogens is 1. The van der Waals surface area contributed by atoms with Crippen molar-refractivity contribution in [2.24, 2.45) is 0 Å². The summed E-state index contributed by atoms with van der Waals surface area (Å²) in [5.41, 5.74) is 0.797. The van der Waals surface area contributed by atoms with Crippen molar-refractivity contribution in [1.29, 1.82) is 0 Å². The molecule has 0 radical (unpaired) electrons. The van der Waals surface area contributed by atoms with Gasteiger partial charge in [-0.15, -0.1) is 11.6 Å². The van der Waals surface area contributed by atoms with E-state index in [1.165, 1.54) is 6.33 Å². The summed E-state index contributed by atoms with van der Waals surface area (Å²) in [6.45, 7) is 0.487. The molecule has 1 aromatic carbocycles. The van der Waals surface area contributed by atoms with Gasteiger partial charge in [0.05, 0.1) is 11.7 Å². The van der Waals surface area contributed by atoms with Crippen LogP contribution >= 0.6 is 27.5 Å². The van der Waals surface area contributed by atoms with Crippen LogP contribution in [0.1, 0.15) is 10.9 Å². The zero-order valence-corrected chi connectivity index (χ0v) is 11.7. The number of alkyl halides is 1. The van der Waals surface area contributed by atoms with E-state index in [2.05, 4.69) is 31.2 Å². The van der Waals surface area contributed by atoms with Crippen molar-refractivity contribution >= 4 is 33.3 Å². The van der Waals surface area contributed by atoms with E-state index in [9.17, 15) is 4.79 Å². The van der Waals surface area contributed by atoms with Gasteiger partial charge in [0.1, 0.15) is 10.3 Å². The molecule has 6 heteroatoms. The number of aromatic nitrogens is 2. The van der Waals surface area contributed by atoms with Gasteiger partial charge in [-0.3, -0.25) is 4.79 Å². The minimum atomic E-state index is -0.224. The summed E-state index contributed by atoms with van der Waals surface area (Å²) in [6, 6.07) is 9.73. The van der Waals surface area contributed by atoms with Gasteiger partial charge in [-0.05, 0) is 21.5 Å². The van der Waals surface area contributed by atoms with Gasteiger partial charge in [0, 0.05) is 6.54 Å². The second-order valence-electron chi connectivity index (χ2n) is 3.65. The van der Waals surface area contributed by atoms with Crippen molar-refractivity contribution in [3.05, 3.63) is 57.0 Å². The number of nitrogens with one attached hydrogen (secondary N) is 2. The standard InChI is InChI=1S/C12H11BrClN3O/c13-10-11(16-7-17-12(10)18)15-6-9(14)8-4-2-1-3-5-8/h1-5,7,9H,6H2,(H2,15,16,17,18). The Hall–Kier alpha value is -1.33. The summed E-state index contributed by atoms with van der Waals surface area (Å²) in [5.74, 6) is 0.486. The molecule has 0 saturated carbocycles. The van der Waals surface area contributed by atoms with Gasteiger partial charge in [0.25, 0.3) is 5.56 Å². The highest BCUT2D eigenvalue weighted by atomic mass is 79.9. The lowest BCUT2D eigenvalue weighted by molar-refractivity contribution is 0.956. The summed E-state index contributed by atoms with van der Waals surface area (Å²) >= 11 is 9.43. The Kier molecular flexibility index (Phi) is 4.38. The molecule has 2 aromatic rings. The predicted molar refractivity (Wildman–Crippen MR) is 76.1 cm³/mol. The van der Waals surface area contributed by atoms with E-state index in [1.54, 1.807) is 0 Å². The van der Waals surface area contributed by atoms with Gasteiger partial charge < -0.3 is 10.3 Å². The monoisotopic (exact) mass is 327 g/mol. The molecule has 0 bridgehead atoms. The maximum atomic E-state index is 11.3. The highest BCUT2D eigenvalue weighted by Gasteiger charge is 2.09. The zero-order chi connectivity index (χ0) is 13.0. The molecule has 1 aromatic heterocycles. The third-order valence-electron chi connectivity index (χ3n) is 2.41. The summed E-state index contributed by atoms with van der Waals surface area (Å²) < 4.78 is 0.377. The first-order chi connectivity index (χ1) is 8.68. The third kappa shape index (κ3) is 3.11. The van der Waals surface area contributed by atoms with Crippen molar-refractivity contribution in [1.82, 2.24) is 9.97 Å². The molecule has 0 aliphatic heterocycles. The van der Waals surface area contributed by atoms with Crippen LogP contribution in [0, 0.1) is 0 Å². The first-order valence-corrected chi connectivity index (χ1v) is 6.57. The SMILES string of the molecule is O=c1[nH]cnc(NCC(Cl)c2ccccc2)c1Br. The fourth-order valence-electron chi connectivity index (χ4n) is 1.47. The Morgan fingerprint density at radius 3 is 2.83 bits per heavy atom. The second kappa shape index (κ2) is 6.02. The average Bonchev–Trinajstić information content (AvgIpc) is 2.41. The minimum absolute atomic E-state index is 0.181. The van der Waals surface area contributed by atoms with Crippen molar-refractivity contribution < 1.29 is 0 Å². The molecule has 1 unspecified atom stereocenters. The van der Waals surface area contributed by atoms with E-state index in [1.807, 2.05) is 30.3 Å². The summed E-state index contributed by atoms with van der Waals surface area (Å²) in [7, 11) is 0. The van der Waals surface area contributed by atoms with Crippen LogP contribution in [0.15, 0.2) is 45.9 Å². The molecule has 18 heavy (non-hydrogen) atoms. The normalized spacial score (nSPS) is 12.1. The van der Waals surface area contributed by atoms with Crippen LogP contribution in [0.2, 0.25) is 0 Å². The number of hydrogen-bond donors (Lipinski definition) is 2. The lowest BCUT2D eigenvalue weighted by Crippen LogP contribution is -2.15. The Labute approximate surface area is 118 Å². The predicted octanol–water partition coefficient (Wildman–Crippen LogP) is 2.92. The number of aromatic amines is 1. The van der Waals surface area contributed by atoms with Gasteiger partial charge in [-0.1, -0.05) is 30.3 Å². The van der Waals surface area contributed by atoms with Crippen LogP contribution in [-0.2, 0) is 0 Å². The molecule has 1 heterocycles. The summed E-state index contributed by atoms with van der Waals surface area (Å²) in [5, 5.41) is 2.86. The maximum Gasteiger partial charge on any atom is 0.267 e. The van der Waals surface area contributed by atoms with Crippen LogP contribution in [-0.4, -0.2) is 16.5 Å². The lowest BCUT2D eigenvalue weighted by Gasteiger charge is -2.12. The molecule has 0 aliphatic carbocycles. The summed E-state index contributed by atoms with van der Waals surface area (Å²) in [6.07, 6.45) is 1.35. The average molecular weight is 329 g/mol. The fraction of sp³-hybridized carbons (Fsp3) is 0.167. The molecule has 0 fully saturated rings. The second-order valence-corrected chi connectivity index (χ2v) is 4.97. The lowest BCUT2D eigenvalue weighted by atomic mass is 10.1. The summed E-state index contributed by atoms with van der Waals surface area (Å²) in [4.78, 5) is 17.8. The molecule has 1 atom stereocenters. The van der Waals surface area contributed by atoms with Gasteiger partial charge in [0.15, 0.2) is 0 Å². The molecule has 0 saturated heterocycles. The topological polar surface area (TPSA) is 57.8 Å². The molecule has 0 aliphatic rings. The zero-order valence-electron chi connectivity index (χ0n) is 9.36. The smallest absolute Gasteiger partial charge is 0.267 e. The molecular weight excluding hydrogens is 318 g/mol. The number of hydrogen-bond acceptors (Lipinski definition) is 3. The van der Waals surface area contributed by atoms with Crippen LogP contribution in [0.3, 0.4) is 0 Å². The Balaban J connectivity index is 2.04. The van der Waals surface area contributed by atoms with Crippen LogP contribution in [0.5, 0.6) is 0 Å². The van der Waals surface area contributed by atoms with Crippen molar-refractivity contribution in [3.8, 4) is 0 Å². The molecule has 2 N–H and O–H groups in total. The van der Waals surface area contributed by atoms with Gasteiger partial charge in [-0.25, -0.2) is 4.98 Å². The van der Waals surface area contributed by atoms with Gasteiger partial charge in [0.2, 0.25) is 0 Å². The van der Waals surface area contributed by atoms with E-state index < -0.39 is 0 Å². The van der Waals surface area contributed by atoms with E-state index in [-0.39, 0.29) is 10.9 Å². The molecule has 94 valence electrons.